The van der Waals surface area contributed by atoms with Crippen LogP contribution in [-0.2, 0) is 13.1 Å². The van der Waals surface area contributed by atoms with Crippen LogP contribution >= 0.6 is 0 Å². The van der Waals surface area contributed by atoms with Crippen molar-refractivity contribution in [3.05, 3.63) is 78.9 Å². The highest BCUT2D eigenvalue weighted by atomic mass is 15.1. The second-order valence-corrected chi connectivity index (χ2v) is 5.61. The van der Waals surface area contributed by atoms with E-state index in [0.29, 0.717) is 6.54 Å². The van der Waals surface area contributed by atoms with Crippen LogP contribution in [0, 0.1) is 0 Å². The molecule has 0 saturated heterocycles. The molecule has 124 valence electrons. The van der Waals surface area contributed by atoms with Crippen LogP contribution in [0.5, 0.6) is 0 Å². The Morgan fingerprint density at radius 3 is 2.76 bits per heavy atom. The van der Waals surface area contributed by atoms with Crippen LogP contribution in [-0.4, -0.2) is 29.7 Å². The Labute approximate surface area is 144 Å². The van der Waals surface area contributed by atoms with Gasteiger partial charge in [-0.3, -0.25) is 14.6 Å². The molecule has 4 aromatic rings. The summed E-state index contributed by atoms with van der Waals surface area (Å²) < 4.78 is 1.88. The van der Waals surface area contributed by atoms with E-state index in [1.165, 1.54) is 0 Å². The van der Waals surface area contributed by atoms with Gasteiger partial charge < -0.3 is 5.32 Å². The van der Waals surface area contributed by atoms with Crippen LogP contribution in [0.3, 0.4) is 0 Å². The molecule has 0 spiro atoms. The van der Waals surface area contributed by atoms with E-state index in [2.05, 4.69) is 36.5 Å². The fourth-order valence-corrected chi connectivity index (χ4v) is 2.62. The summed E-state index contributed by atoms with van der Waals surface area (Å²) >= 11 is 0. The average molecular weight is 331 g/mol. The Morgan fingerprint density at radius 2 is 2.00 bits per heavy atom. The van der Waals surface area contributed by atoms with Crippen LogP contribution in [0.2, 0.25) is 0 Å². The first-order valence-corrected chi connectivity index (χ1v) is 7.97. The molecular weight excluding hydrogens is 314 g/mol. The van der Waals surface area contributed by atoms with Gasteiger partial charge in [-0.25, -0.2) is 9.97 Å². The molecule has 25 heavy (non-hydrogen) atoms. The summed E-state index contributed by atoms with van der Waals surface area (Å²) in [6.45, 7) is 1.44. The van der Waals surface area contributed by atoms with Crippen molar-refractivity contribution in [2.75, 3.05) is 0 Å². The summed E-state index contributed by atoms with van der Waals surface area (Å²) in [6, 6.07) is 7.98. The normalized spacial score (nSPS) is 10.9. The lowest BCUT2D eigenvalue weighted by molar-refractivity contribution is 0.692. The number of nitrogens with zero attached hydrogens (tertiary/aromatic N) is 5. The van der Waals surface area contributed by atoms with Crippen molar-refractivity contribution >= 4 is 0 Å². The monoisotopic (exact) mass is 331 g/mol. The Hall–Kier alpha value is -3.32. The first-order chi connectivity index (χ1) is 12.4. The van der Waals surface area contributed by atoms with Gasteiger partial charge in [0.1, 0.15) is 12.1 Å². The van der Waals surface area contributed by atoms with Crippen LogP contribution < -0.4 is 5.32 Å². The molecule has 4 heterocycles. The number of H-pyrrole nitrogens is 1. The molecule has 0 radical (unpaired) electrons. The summed E-state index contributed by atoms with van der Waals surface area (Å²) in [5.74, 6) is 0.856. The Bertz CT molecular complexity index is 912. The maximum absolute atomic E-state index is 4.46. The van der Waals surface area contributed by atoms with Crippen molar-refractivity contribution in [3.8, 4) is 17.1 Å². The highest BCUT2D eigenvalue weighted by molar-refractivity contribution is 5.61. The zero-order chi connectivity index (χ0) is 16.9. The maximum Gasteiger partial charge on any atom is 0.137 e. The molecule has 0 saturated carbocycles. The minimum Gasteiger partial charge on any atom is -0.308 e. The molecule has 0 aromatic carbocycles. The standard InChI is InChI=1S/C18H17N7/c1-2-15(10-19-5-1)18-16(12-23-24-18)11-21-8-14-3-4-17(22-9-14)25-7-6-20-13-25/h1-7,9-10,12-13,21H,8,11H2,(H,23,24). The SMILES string of the molecule is c1cncc(-c2[nH]ncc2CNCc2ccc(-n3ccnc3)nc2)c1. The quantitative estimate of drug-likeness (QED) is 0.566. The zero-order valence-electron chi connectivity index (χ0n) is 13.5. The number of nitrogens with one attached hydrogen (secondary N) is 2. The summed E-state index contributed by atoms with van der Waals surface area (Å²) in [4.78, 5) is 12.6. The molecule has 0 aliphatic rings. The lowest BCUT2D eigenvalue weighted by Crippen LogP contribution is -2.13. The summed E-state index contributed by atoms with van der Waals surface area (Å²) in [7, 11) is 0. The predicted molar refractivity (Wildman–Crippen MR) is 93.7 cm³/mol. The van der Waals surface area contributed by atoms with Crippen molar-refractivity contribution in [1.82, 2.24) is 35.0 Å². The number of aromatic nitrogens is 6. The molecule has 4 rings (SSSR count). The van der Waals surface area contributed by atoms with Crippen molar-refractivity contribution in [1.29, 1.82) is 0 Å². The molecule has 2 N–H and O–H groups in total. The lowest BCUT2D eigenvalue weighted by Gasteiger charge is -2.07. The van der Waals surface area contributed by atoms with Crippen molar-refractivity contribution in [3.63, 3.8) is 0 Å². The third kappa shape index (κ3) is 3.46. The van der Waals surface area contributed by atoms with E-state index in [1.807, 2.05) is 47.6 Å². The number of aromatic amines is 1. The lowest BCUT2D eigenvalue weighted by atomic mass is 10.1. The number of pyridine rings is 2. The van der Waals surface area contributed by atoms with Gasteiger partial charge in [0.25, 0.3) is 0 Å². The van der Waals surface area contributed by atoms with Gasteiger partial charge in [0.2, 0.25) is 0 Å². The van der Waals surface area contributed by atoms with Crippen LogP contribution in [0.25, 0.3) is 17.1 Å². The van der Waals surface area contributed by atoms with Gasteiger partial charge in [0, 0.05) is 55.2 Å². The highest BCUT2D eigenvalue weighted by Gasteiger charge is 2.07. The largest absolute Gasteiger partial charge is 0.308 e. The predicted octanol–water partition coefficient (Wildman–Crippen LogP) is 2.34. The Kier molecular flexibility index (Phi) is 4.30. The molecular formula is C18H17N7. The van der Waals surface area contributed by atoms with E-state index in [0.717, 1.165) is 34.7 Å². The van der Waals surface area contributed by atoms with Gasteiger partial charge in [-0.1, -0.05) is 6.07 Å². The molecule has 0 amide bonds. The van der Waals surface area contributed by atoms with Gasteiger partial charge >= 0.3 is 0 Å². The van der Waals surface area contributed by atoms with Gasteiger partial charge in [0.15, 0.2) is 0 Å². The molecule has 0 aliphatic heterocycles. The number of hydrogen-bond acceptors (Lipinski definition) is 5. The minimum atomic E-state index is 0.712. The van der Waals surface area contributed by atoms with Gasteiger partial charge in [0.05, 0.1) is 11.9 Å². The second-order valence-electron chi connectivity index (χ2n) is 5.61. The molecule has 0 fully saturated rings. The topological polar surface area (TPSA) is 84.3 Å². The van der Waals surface area contributed by atoms with E-state index < -0.39 is 0 Å². The molecule has 7 heteroatoms. The van der Waals surface area contributed by atoms with Crippen LogP contribution in [0.4, 0.5) is 0 Å². The Balaban J connectivity index is 1.38. The van der Waals surface area contributed by atoms with Gasteiger partial charge in [-0.2, -0.15) is 5.10 Å². The number of imidazole rings is 1. The molecule has 0 atom stereocenters. The number of rotatable bonds is 6. The minimum absolute atomic E-state index is 0.712. The fourth-order valence-electron chi connectivity index (χ4n) is 2.62. The number of hydrogen-bond donors (Lipinski definition) is 2. The first-order valence-electron chi connectivity index (χ1n) is 7.97. The van der Waals surface area contributed by atoms with Crippen molar-refractivity contribution in [2.45, 2.75) is 13.1 Å². The van der Waals surface area contributed by atoms with E-state index in [9.17, 15) is 0 Å². The summed E-state index contributed by atoms with van der Waals surface area (Å²) in [6.07, 6.45) is 12.7. The second kappa shape index (κ2) is 7.06. The molecule has 0 unspecified atom stereocenters. The first kappa shape index (κ1) is 15.2. The third-order valence-corrected chi connectivity index (χ3v) is 3.89. The van der Waals surface area contributed by atoms with E-state index in [1.54, 1.807) is 18.7 Å². The zero-order valence-corrected chi connectivity index (χ0v) is 13.5. The Morgan fingerprint density at radius 1 is 1.00 bits per heavy atom. The average Bonchev–Trinajstić information content (AvgIpc) is 3.35. The van der Waals surface area contributed by atoms with Crippen molar-refractivity contribution in [2.24, 2.45) is 0 Å². The van der Waals surface area contributed by atoms with Crippen molar-refractivity contribution < 1.29 is 0 Å². The van der Waals surface area contributed by atoms with E-state index in [4.69, 9.17) is 0 Å². The molecule has 4 aromatic heterocycles. The third-order valence-electron chi connectivity index (χ3n) is 3.89. The maximum atomic E-state index is 4.46. The van der Waals surface area contributed by atoms with Crippen LogP contribution in [0.15, 0.2) is 67.8 Å². The summed E-state index contributed by atoms with van der Waals surface area (Å²) in [5, 5.41) is 10.6. The molecule has 7 nitrogen and oxygen atoms in total. The fraction of sp³-hybridized carbons (Fsp3) is 0.111. The van der Waals surface area contributed by atoms with E-state index >= 15 is 0 Å². The smallest absolute Gasteiger partial charge is 0.137 e. The van der Waals surface area contributed by atoms with E-state index in [-0.39, 0.29) is 0 Å². The van der Waals surface area contributed by atoms with Gasteiger partial charge in [-0.15, -0.1) is 0 Å². The van der Waals surface area contributed by atoms with Crippen LogP contribution in [0.1, 0.15) is 11.1 Å². The molecule has 0 bridgehead atoms. The molecule has 0 aliphatic carbocycles. The summed E-state index contributed by atoms with van der Waals surface area (Å²) in [5.41, 5.74) is 4.25. The highest BCUT2D eigenvalue weighted by Crippen LogP contribution is 2.19. The van der Waals surface area contributed by atoms with Gasteiger partial charge in [-0.05, 0) is 23.8 Å².